The number of hydrogen-bond acceptors (Lipinski definition) is 6. The van der Waals surface area contributed by atoms with Crippen molar-refractivity contribution in [3.63, 3.8) is 0 Å². The van der Waals surface area contributed by atoms with Gasteiger partial charge in [-0.15, -0.1) is 0 Å². The maximum absolute atomic E-state index is 12.6. The van der Waals surface area contributed by atoms with E-state index in [1.165, 1.54) is 0 Å². The quantitative estimate of drug-likeness (QED) is 0.642. The summed E-state index contributed by atoms with van der Waals surface area (Å²) in [5.41, 5.74) is 8.31. The number of allylic oxidation sites excluding steroid dienone is 4. The first-order chi connectivity index (χ1) is 11.8. The molecule has 0 spiro atoms. The van der Waals surface area contributed by atoms with Crippen LogP contribution in [0.3, 0.4) is 0 Å². The van der Waals surface area contributed by atoms with Gasteiger partial charge in [-0.05, 0) is 44.0 Å². The molecular formula is C17H20N4O3S. The Morgan fingerprint density at radius 2 is 2.12 bits per heavy atom. The monoisotopic (exact) mass is 360 g/mol. The fraction of sp³-hybridized carbons (Fsp3) is 0.294. The Bertz CT molecular complexity index is 1000. The zero-order valence-corrected chi connectivity index (χ0v) is 14.8. The van der Waals surface area contributed by atoms with E-state index in [0.717, 1.165) is 9.54 Å². The molecule has 1 aromatic heterocycles. The number of nitrogens with zero attached hydrogens (tertiary/aromatic N) is 3. The smallest absolute Gasteiger partial charge is 0.244 e. The number of rotatable bonds is 4. The predicted molar refractivity (Wildman–Crippen MR) is 98.3 cm³/mol. The number of anilines is 1. The van der Waals surface area contributed by atoms with E-state index < -0.39 is 15.3 Å². The summed E-state index contributed by atoms with van der Waals surface area (Å²) >= 11 is 0. The second-order valence-corrected chi connectivity index (χ2v) is 8.57. The molecule has 3 rings (SSSR count). The maximum atomic E-state index is 12.6. The highest BCUT2D eigenvalue weighted by Gasteiger charge is 2.25. The third kappa shape index (κ3) is 3.05. The van der Waals surface area contributed by atoms with Crippen LogP contribution in [0, 0.1) is 5.92 Å². The molecule has 0 bridgehead atoms. The van der Waals surface area contributed by atoms with Crippen LogP contribution in [0.5, 0.6) is 0 Å². The van der Waals surface area contributed by atoms with Crippen LogP contribution in [0.2, 0.25) is 0 Å². The molecule has 1 aliphatic rings. The number of oxime groups is 1. The first-order valence-corrected chi connectivity index (χ1v) is 9.43. The number of hydrogen-bond donors (Lipinski definition) is 2. The van der Waals surface area contributed by atoms with Crippen molar-refractivity contribution in [1.82, 2.24) is 8.96 Å². The minimum Gasteiger partial charge on any atom is -0.411 e. The highest BCUT2D eigenvalue weighted by Crippen LogP contribution is 2.25. The lowest BCUT2D eigenvalue weighted by Crippen LogP contribution is -2.23. The topological polar surface area (TPSA) is 111 Å². The molecule has 1 heterocycles. The summed E-state index contributed by atoms with van der Waals surface area (Å²) < 4.78 is 26.3. The standard InChI is InChI=1S/C17H20N4O3S/c1-11(2)25(23,24)21-16-10-12(7-8-15(16)19-17(21)18)9-13-5-3-4-6-14(13)20-22/h3-8,10-11,13,22H,9H2,1-2H3,(H2,18,19). The van der Waals surface area contributed by atoms with Crippen molar-refractivity contribution in [2.24, 2.45) is 11.1 Å². The Hall–Kier alpha value is -2.61. The number of imidazole rings is 1. The van der Waals surface area contributed by atoms with Crippen LogP contribution < -0.4 is 5.73 Å². The van der Waals surface area contributed by atoms with Crippen molar-refractivity contribution >= 4 is 32.7 Å². The fourth-order valence-electron chi connectivity index (χ4n) is 2.83. The highest BCUT2D eigenvalue weighted by atomic mass is 32.2. The summed E-state index contributed by atoms with van der Waals surface area (Å²) in [6, 6.07) is 5.41. The summed E-state index contributed by atoms with van der Waals surface area (Å²) in [6.45, 7) is 3.21. The zero-order valence-electron chi connectivity index (χ0n) is 14.0. The van der Waals surface area contributed by atoms with Gasteiger partial charge >= 0.3 is 0 Å². The largest absolute Gasteiger partial charge is 0.411 e. The Kier molecular flexibility index (Phi) is 4.38. The van der Waals surface area contributed by atoms with Crippen LogP contribution in [0.25, 0.3) is 11.0 Å². The fourth-order valence-corrected chi connectivity index (χ4v) is 3.98. The number of benzene rings is 1. The van der Waals surface area contributed by atoms with E-state index >= 15 is 0 Å². The SMILES string of the molecule is CC(C)S(=O)(=O)n1c(N)nc2ccc(CC3C=CC=CC3=NO)cc21. The van der Waals surface area contributed by atoms with Crippen LogP contribution >= 0.6 is 0 Å². The van der Waals surface area contributed by atoms with Crippen LogP contribution in [0.1, 0.15) is 19.4 Å². The lowest BCUT2D eigenvalue weighted by Gasteiger charge is -2.15. The van der Waals surface area contributed by atoms with Gasteiger partial charge in [0.25, 0.3) is 0 Å². The minimum atomic E-state index is -3.62. The molecular weight excluding hydrogens is 340 g/mol. The van der Waals surface area contributed by atoms with Gasteiger partial charge in [-0.1, -0.05) is 29.5 Å². The lowest BCUT2D eigenvalue weighted by molar-refractivity contribution is 0.316. The summed E-state index contributed by atoms with van der Waals surface area (Å²) in [4.78, 5) is 4.15. The van der Waals surface area contributed by atoms with Crippen LogP contribution in [0.4, 0.5) is 5.95 Å². The highest BCUT2D eigenvalue weighted by molar-refractivity contribution is 7.90. The van der Waals surface area contributed by atoms with Crippen molar-refractivity contribution in [1.29, 1.82) is 0 Å². The minimum absolute atomic E-state index is 0.0426. The first-order valence-electron chi connectivity index (χ1n) is 7.92. The third-order valence-corrected chi connectivity index (χ3v) is 6.31. The van der Waals surface area contributed by atoms with Crippen molar-refractivity contribution in [3.8, 4) is 0 Å². The Labute approximate surface area is 146 Å². The second kappa shape index (κ2) is 6.36. The summed E-state index contributed by atoms with van der Waals surface area (Å²) in [5, 5.41) is 11.8. The Morgan fingerprint density at radius 3 is 2.80 bits per heavy atom. The molecule has 0 radical (unpaired) electrons. The molecule has 0 saturated heterocycles. The third-order valence-electron chi connectivity index (χ3n) is 4.22. The second-order valence-electron chi connectivity index (χ2n) is 6.23. The van der Waals surface area contributed by atoms with E-state index in [-0.39, 0.29) is 11.9 Å². The maximum Gasteiger partial charge on any atom is 0.244 e. The van der Waals surface area contributed by atoms with Crippen molar-refractivity contribution < 1.29 is 13.6 Å². The van der Waals surface area contributed by atoms with Gasteiger partial charge in [-0.25, -0.2) is 17.4 Å². The zero-order chi connectivity index (χ0) is 18.2. The number of nitrogen functional groups attached to an aromatic ring is 1. The lowest BCUT2D eigenvalue weighted by atomic mass is 9.91. The molecule has 7 nitrogen and oxygen atoms in total. The molecule has 1 aromatic carbocycles. The van der Waals surface area contributed by atoms with Gasteiger partial charge in [-0.3, -0.25) is 0 Å². The molecule has 1 aliphatic carbocycles. The van der Waals surface area contributed by atoms with Gasteiger partial charge in [0.2, 0.25) is 16.0 Å². The summed E-state index contributed by atoms with van der Waals surface area (Å²) in [5.74, 6) is -0.123. The predicted octanol–water partition coefficient (Wildman–Crippen LogP) is 2.32. The average Bonchev–Trinajstić information content (AvgIpc) is 2.91. The molecule has 8 heteroatoms. The first kappa shape index (κ1) is 17.2. The molecule has 0 aliphatic heterocycles. The van der Waals surface area contributed by atoms with Crippen LogP contribution in [-0.2, 0) is 16.4 Å². The van der Waals surface area contributed by atoms with Crippen LogP contribution in [-0.4, -0.2) is 33.5 Å². The van der Waals surface area contributed by atoms with E-state index in [9.17, 15) is 8.42 Å². The Morgan fingerprint density at radius 1 is 1.36 bits per heavy atom. The molecule has 2 aromatic rings. The Balaban J connectivity index is 2.06. The van der Waals surface area contributed by atoms with Gasteiger partial charge in [0, 0.05) is 5.92 Å². The van der Waals surface area contributed by atoms with Crippen molar-refractivity contribution in [2.75, 3.05) is 5.73 Å². The van der Waals surface area contributed by atoms with E-state index in [1.54, 1.807) is 38.1 Å². The van der Waals surface area contributed by atoms with E-state index in [2.05, 4.69) is 10.1 Å². The van der Waals surface area contributed by atoms with Gasteiger partial charge in [0.1, 0.15) is 0 Å². The molecule has 1 unspecified atom stereocenters. The molecule has 25 heavy (non-hydrogen) atoms. The number of nitrogens with two attached hydrogens (primary N) is 1. The molecule has 0 fully saturated rings. The van der Waals surface area contributed by atoms with Crippen molar-refractivity contribution in [2.45, 2.75) is 25.5 Å². The van der Waals surface area contributed by atoms with E-state index in [4.69, 9.17) is 10.9 Å². The normalized spacial score (nSPS) is 19.3. The van der Waals surface area contributed by atoms with Crippen molar-refractivity contribution in [3.05, 3.63) is 48.1 Å². The molecule has 1 atom stereocenters. The molecule has 3 N–H and O–H groups in total. The van der Waals surface area contributed by atoms with Crippen LogP contribution in [0.15, 0.2) is 47.7 Å². The molecule has 0 saturated carbocycles. The van der Waals surface area contributed by atoms with Gasteiger partial charge in [0.05, 0.1) is 22.0 Å². The van der Waals surface area contributed by atoms with Gasteiger partial charge < -0.3 is 10.9 Å². The van der Waals surface area contributed by atoms with Gasteiger partial charge in [0.15, 0.2) is 0 Å². The number of fused-ring (bicyclic) bond motifs is 1. The van der Waals surface area contributed by atoms with Gasteiger partial charge in [-0.2, -0.15) is 0 Å². The molecule has 0 amide bonds. The van der Waals surface area contributed by atoms with E-state index in [1.807, 2.05) is 18.2 Å². The summed E-state index contributed by atoms with van der Waals surface area (Å²) in [6.07, 6.45) is 7.95. The number of aromatic nitrogens is 2. The molecule has 132 valence electrons. The van der Waals surface area contributed by atoms with E-state index in [0.29, 0.717) is 23.2 Å². The average molecular weight is 360 g/mol. The summed E-state index contributed by atoms with van der Waals surface area (Å²) in [7, 11) is -3.62.